The lowest BCUT2D eigenvalue weighted by Crippen LogP contribution is -2.41. The number of hydrogen-bond donors (Lipinski definition) is 0. The number of fused-ring (bicyclic) bond motifs is 1. The maximum Gasteiger partial charge on any atom is 0.0246 e. The second-order valence-corrected chi connectivity index (χ2v) is 6.72. The Labute approximate surface area is 144 Å². The van der Waals surface area contributed by atoms with Gasteiger partial charge in [0.25, 0.3) is 0 Å². The van der Waals surface area contributed by atoms with E-state index in [2.05, 4.69) is 96.8 Å². The molecule has 24 heavy (non-hydrogen) atoms. The molecule has 1 aliphatic heterocycles. The van der Waals surface area contributed by atoms with Crippen molar-refractivity contribution in [2.75, 3.05) is 0 Å². The Hall–Kier alpha value is -2.38. The van der Waals surface area contributed by atoms with Gasteiger partial charge in [-0.15, -0.1) is 0 Å². The molecule has 0 aliphatic carbocycles. The normalized spacial score (nSPS) is 20.5. The monoisotopic (exact) mass is 313 g/mol. The first-order chi connectivity index (χ1) is 11.8. The van der Waals surface area contributed by atoms with Crippen LogP contribution in [0.1, 0.15) is 35.1 Å². The minimum absolute atomic E-state index is 0.430. The Kier molecular flexibility index (Phi) is 4.18. The Balaban J connectivity index is 1.72. The summed E-state index contributed by atoms with van der Waals surface area (Å²) >= 11 is 0. The van der Waals surface area contributed by atoms with Gasteiger partial charge in [0.05, 0.1) is 0 Å². The van der Waals surface area contributed by atoms with E-state index in [0.29, 0.717) is 12.0 Å². The number of hydrogen-bond acceptors (Lipinski definition) is 1. The Morgan fingerprint density at radius 2 is 1.42 bits per heavy atom. The summed E-state index contributed by atoms with van der Waals surface area (Å²) in [5.41, 5.74) is 5.74. The molecule has 2 unspecified atom stereocenters. The van der Waals surface area contributed by atoms with Gasteiger partial charge in [-0.1, -0.05) is 84.9 Å². The van der Waals surface area contributed by atoms with Gasteiger partial charge >= 0.3 is 0 Å². The van der Waals surface area contributed by atoms with Gasteiger partial charge in [-0.2, -0.15) is 0 Å². The zero-order valence-corrected chi connectivity index (χ0v) is 14.1. The molecule has 0 saturated heterocycles. The summed E-state index contributed by atoms with van der Waals surface area (Å²) in [5, 5.41) is 0. The minimum Gasteiger partial charge on any atom is -0.291 e. The Morgan fingerprint density at radius 1 is 0.792 bits per heavy atom. The maximum atomic E-state index is 2.61. The lowest BCUT2D eigenvalue weighted by molar-refractivity contribution is 0.160. The molecule has 0 fully saturated rings. The van der Waals surface area contributed by atoms with Crippen LogP contribution in [-0.2, 0) is 13.1 Å². The van der Waals surface area contributed by atoms with Gasteiger partial charge < -0.3 is 0 Å². The summed E-state index contributed by atoms with van der Waals surface area (Å²) < 4.78 is 0. The van der Waals surface area contributed by atoms with Crippen LogP contribution in [0.3, 0.4) is 0 Å². The van der Waals surface area contributed by atoms with Crippen molar-refractivity contribution in [3.63, 3.8) is 0 Å². The van der Waals surface area contributed by atoms with E-state index in [9.17, 15) is 0 Å². The zero-order chi connectivity index (χ0) is 16.4. The molecule has 0 spiro atoms. The van der Waals surface area contributed by atoms with Crippen molar-refractivity contribution in [1.82, 2.24) is 4.90 Å². The van der Waals surface area contributed by atoms with E-state index in [0.717, 1.165) is 13.1 Å². The predicted molar refractivity (Wildman–Crippen MR) is 99.9 cm³/mol. The van der Waals surface area contributed by atoms with Crippen molar-refractivity contribution >= 4 is 0 Å². The lowest BCUT2D eigenvalue weighted by Gasteiger charge is -2.41. The van der Waals surface area contributed by atoms with Crippen LogP contribution >= 0.6 is 0 Å². The third-order valence-corrected chi connectivity index (χ3v) is 5.21. The molecule has 1 heteroatoms. The van der Waals surface area contributed by atoms with E-state index < -0.39 is 0 Å². The molecule has 0 radical (unpaired) electrons. The largest absolute Gasteiger partial charge is 0.291 e. The summed E-state index contributed by atoms with van der Waals surface area (Å²) in [7, 11) is 0. The van der Waals surface area contributed by atoms with Crippen molar-refractivity contribution in [1.29, 1.82) is 0 Å². The standard InChI is InChI=1S/C23H23N/c1-18-23(20-12-6-3-7-13-20)22-15-9-8-14-21(22)17-24(18)16-19-10-4-2-5-11-19/h2-15,18,23H,16-17H2,1H3. The highest BCUT2D eigenvalue weighted by atomic mass is 15.2. The van der Waals surface area contributed by atoms with Crippen molar-refractivity contribution in [2.45, 2.75) is 32.0 Å². The molecule has 0 aromatic heterocycles. The van der Waals surface area contributed by atoms with Gasteiger partial charge in [-0.25, -0.2) is 0 Å². The molecule has 4 rings (SSSR count). The van der Waals surface area contributed by atoms with Gasteiger partial charge in [-0.05, 0) is 29.2 Å². The molecule has 120 valence electrons. The van der Waals surface area contributed by atoms with Crippen LogP contribution in [0.4, 0.5) is 0 Å². The van der Waals surface area contributed by atoms with Gasteiger partial charge in [-0.3, -0.25) is 4.90 Å². The fourth-order valence-corrected chi connectivity index (χ4v) is 3.95. The summed E-state index contributed by atoms with van der Waals surface area (Å²) in [4.78, 5) is 2.61. The third kappa shape index (κ3) is 2.88. The van der Waals surface area contributed by atoms with Crippen LogP contribution in [0.25, 0.3) is 0 Å². The van der Waals surface area contributed by atoms with Gasteiger partial charge in [0.2, 0.25) is 0 Å². The molecule has 1 aliphatic rings. The van der Waals surface area contributed by atoms with Crippen LogP contribution < -0.4 is 0 Å². The quantitative estimate of drug-likeness (QED) is 0.640. The second-order valence-electron chi connectivity index (χ2n) is 6.72. The fourth-order valence-electron chi connectivity index (χ4n) is 3.95. The SMILES string of the molecule is CC1C(c2ccccc2)c2ccccc2CN1Cc1ccccc1. The van der Waals surface area contributed by atoms with Crippen LogP contribution in [0.5, 0.6) is 0 Å². The molecular weight excluding hydrogens is 290 g/mol. The first kappa shape index (κ1) is 15.2. The molecule has 3 aromatic carbocycles. The minimum atomic E-state index is 0.430. The summed E-state index contributed by atoms with van der Waals surface area (Å²) in [5.74, 6) is 0.430. The second kappa shape index (κ2) is 6.62. The van der Waals surface area contributed by atoms with Crippen molar-refractivity contribution in [3.05, 3.63) is 107 Å². The van der Waals surface area contributed by atoms with Gasteiger partial charge in [0.1, 0.15) is 0 Å². The van der Waals surface area contributed by atoms with Crippen molar-refractivity contribution in [3.8, 4) is 0 Å². The smallest absolute Gasteiger partial charge is 0.0246 e. The average Bonchev–Trinajstić information content (AvgIpc) is 2.64. The number of benzene rings is 3. The van der Waals surface area contributed by atoms with Crippen molar-refractivity contribution < 1.29 is 0 Å². The van der Waals surface area contributed by atoms with E-state index in [1.165, 1.54) is 22.3 Å². The molecule has 2 atom stereocenters. The molecule has 1 nitrogen and oxygen atoms in total. The third-order valence-electron chi connectivity index (χ3n) is 5.21. The Bertz CT molecular complexity index is 795. The predicted octanol–water partition coefficient (Wildman–Crippen LogP) is 5.22. The summed E-state index contributed by atoms with van der Waals surface area (Å²) in [6, 6.07) is 31.2. The van der Waals surface area contributed by atoms with Crippen LogP contribution in [-0.4, -0.2) is 10.9 Å². The summed E-state index contributed by atoms with van der Waals surface area (Å²) in [6.07, 6.45) is 0. The molecule has 0 saturated carbocycles. The number of rotatable bonds is 3. The van der Waals surface area contributed by atoms with Crippen LogP contribution in [0, 0.1) is 0 Å². The summed E-state index contributed by atoms with van der Waals surface area (Å²) in [6.45, 7) is 4.39. The van der Waals surface area contributed by atoms with Crippen LogP contribution in [0.2, 0.25) is 0 Å². The van der Waals surface area contributed by atoms with Gasteiger partial charge in [0.15, 0.2) is 0 Å². The topological polar surface area (TPSA) is 3.24 Å². The molecule has 1 heterocycles. The van der Waals surface area contributed by atoms with E-state index in [1.54, 1.807) is 0 Å². The first-order valence-electron chi connectivity index (χ1n) is 8.73. The van der Waals surface area contributed by atoms with Crippen LogP contribution in [0.15, 0.2) is 84.9 Å². The highest BCUT2D eigenvalue weighted by molar-refractivity contribution is 5.41. The Morgan fingerprint density at radius 3 is 2.17 bits per heavy atom. The lowest BCUT2D eigenvalue weighted by atomic mass is 9.79. The van der Waals surface area contributed by atoms with E-state index in [4.69, 9.17) is 0 Å². The number of nitrogens with zero attached hydrogens (tertiary/aromatic N) is 1. The molecule has 0 bridgehead atoms. The van der Waals surface area contributed by atoms with E-state index in [1.807, 2.05) is 0 Å². The molecule has 0 N–H and O–H groups in total. The fraction of sp³-hybridized carbons (Fsp3) is 0.217. The molecular formula is C23H23N. The average molecular weight is 313 g/mol. The highest BCUT2D eigenvalue weighted by Gasteiger charge is 2.32. The molecule has 0 amide bonds. The zero-order valence-electron chi connectivity index (χ0n) is 14.1. The highest BCUT2D eigenvalue weighted by Crippen LogP contribution is 2.38. The first-order valence-corrected chi connectivity index (χ1v) is 8.73. The molecule has 3 aromatic rings. The van der Waals surface area contributed by atoms with E-state index in [-0.39, 0.29) is 0 Å². The van der Waals surface area contributed by atoms with Crippen molar-refractivity contribution in [2.24, 2.45) is 0 Å². The van der Waals surface area contributed by atoms with Gasteiger partial charge in [0, 0.05) is 25.0 Å². The van der Waals surface area contributed by atoms with E-state index >= 15 is 0 Å². The maximum absolute atomic E-state index is 2.61.